The lowest BCUT2D eigenvalue weighted by Crippen LogP contribution is -2.47. The van der Waals surface area contributed by atoms with Crippen molar-refractivity contribution in [2.24, 2.45) is 5.92 Å². The molecule has 0 saturated carbocycles. The van der Waals surface area contributed by atoms with Crippen molar-refractivity contribution in [3.63, 3.8) is 0 Å². The van der Waals surface area contributed by atoms with Crippen LogP contribution in [0.15, 0.2) is 48.5 Å². The fourth-order valence-corrected chi connectivity index (χ4v) is 2.46. The molecular formula is C20H23FN2O3. The third kappa shape index (κ3) is 4.81. The molecule has 2 aromatic rings. The van der Waals surface area contributed by atoms with E-state index < -0.39 is 23.7 Å². The van der Waals surface area contributed by atoms with Crippen LogP contribution in [0.25, 0.3) is 0 Å². The second-order valence-corrected chi connectivity index (χ2v) is 6.09. The van der Waals surface area contributed by atoms with Crippen LogP contribution in [-0.2, 0) is 4.79 Å². The summed E-state index contributed by atoms with van der Waals surface area (Å²) in [6, 6.07) is 11.9. The minimum absolute atomic E-state index is 0.0966. The van der Waals surface area contributed by atoms with E-state index in [0.29, 0.717) is 18.0 Å². The fourth-order valence-electron chi connectivity index (χ4n) is 2.46. The van der Waals surface area contributed by atoms with Crippen LogP contribution >= 0.6 is 0 Å². The van der Waals surface area contributed by atoms with E-state index in [1.165, 1.54) is 18.2 Å². The maximum Gasteiger partial charge on any atom is 0.254 e. The number of nitrogens with one attached hydrogen (secondary N) is 2. The summed E-state index contributed by atoms with van der Waals surface area (Å²) in [7, 11) is 0. The monoisotopic (exact) mass is 358 g/mol. The Labute approximate surface area is 152 Å². The largest absolute Gasteiger partial charge is 0.492 e. The van der Waals surface area contributed by atoms with Gasteiger partial charge in [-0.15, -0.1) is 0 Å². The van der Waals surface area contributed by atoms with E-state index in [4.69, 9.17) is 4.74 Å². The highest BCUT2D eigenvalue weighted by molar-refractivity contribution is 6.01. The summed E-state index contributed by atoms with van der Waals surface area (Å²) >= 11 is 0. The molecule has 0 spiro atoms. The minimum Gasteiger partial charge on any atom is -0.492 e. The first-order valence-corrected chi connectivity index (χ1v) is 8.52. The Morgan fingerprint density at radius 2 is 1.73 bits per heavy atom. The molecule has 0 aliphatic carbocycles. The molecule has 0 aliphatic heterocycles. The fraction of sp³-hybridized carbons (Fsp3) is 0.300. The zero-order valence-corrected chi connectivity index (χ0v) is 15.1. The number of anilines is 1. The van der Waals surface area contributed by atoms with E-state index in [9.17, 15) is 14.0 Å². The summed E-state index contributed by atoms with van der Waals surface area (Å²) in [6.45, 7) is 5.93. The Bertz CT molecular complexity index is 777. The molecule has 2 amide bonds. The Morgan fingerprint density at radius 3 is 2.38 bits per heavy atom. The van der Waals surface area contributed by atoms with Gasteiger partial charge in [0.2, 0.25) is 5.91 Å². The smallest absolute Gasteiger partial charge is 0.254 e. The highest BCUT2D eigenvalue weighted by atomic mass is 19.1. The minimum atomic E-state index is -0.822. The summed E-state index contributed by atoms with van der Waals surface area (Å²) in [6.07, 6.45) is 0. The third-order valence-corrected chi connectivity index (χ3v) is 3.80. The Hall–Kier alpha value is -2.89. The van der Waals surface area contributed by atoms with Gasteiger partial charge in [0.25, 0.3) is 5.91 Å². The van der Waals surface area contributed by atoms with Gasteiger partial charge in [-0.05, 0) is 37.1 Å². The van der Waals surface area contributed by atoms with Crippen molar-refractivity contribution in [3.8, 4) is 5.75 Å². The second kappa shape index (κ2) is 8.99. The van der Waals surface area contributed by atoms with Crippen molar-refractivity contribution in [1.29, 1.82) is 0 Å². The van der Waals surface area contributed by atoms with Gasteiger partial charge in [-0.1, -0.05) is 38.1 Å². The molecule has 0 radical (unpaired) electrons. The first-order valence-electron chi connectivity index (χ1n) is 8.52. The SMILES string of the molecule is CCOc1ccccc1NC(=O)[C@@H](NC(=O)c1ccccc1F)C(C)C. The molecule has 0 fully saturated rings. The number of ether oxygens (including phenoxy) is 1. The maximum absolute atomic E-state index is 13.8. The number of carbonyl (C=O) groups excluding carboxylic acids is 2. The quantitative estimate of drug-likeness (QED) is 0.794. The Kier molecular flexibility index (Phi) is 6.72. The molecule has 138 valence electrons. The molecule has 0 unspecified atom stereocenters. The first kappa shape index (κ1) is 19.4. The lowest BCUT2D eigenvalue weighted by molar-refractivity contribution is -0.118. The van der Waals surface area contributed by atoms with Crippen LogP contribution in [-0.4, -0.2) is 24.5 Å². The van der Waals surface area contributed by atoms with Crippen molar-refractivity contribution >= 4 is 17.5 Å². The summed E-state index contributed by atoms with van der Waals surface area (Å²) in [5, 5.41) is 5.39. The lowest BCUT2D eigenvalue weighted by Gasteiger charge is -2.22. The number of para-hydroxylation sites is 2. The summed E-state index contributed by atoms with van der Waals surface area (Å²) < 4.78 is 19.3. The average molecular weight is 358 g/mol. The molecule has 0 bridgehead atoms. The van der Waals surface area contributed by atoms with E-state index >= 15 is 0 Å². The summed E-state index contributed by atoms with van der Waals surface area (Å²) in [4.78, 5) is 25.0. The number of benzene rings is 2. The van der Waals surface area contributed by atoms with Gasteiger partial charge in [-0.2, -0.15) is 0 Å². The number of rotatable bonds is 7. The van der Waals surface area contributed by atoms with E-state index in [1.54, 1.807) is 44.2 Å². The van der Waals surface area contributed by atoms with E-state index in [2.05, 4.69) is 10.6 Å². The maximum atomic E-state index is 13.8. The molecule has 2 rings (SSSR count). The van der Waals surface area contributed by atoms with E-state index in [-0.39, 0.29) is 11.5 Å². The number of halogens is 1. The first-order chi connectivity index (χ1) is 12.4. The van der Waals surface area contributed by atoms with E-state index in [1.807, 2.05) is 6.92 Å². The number of carbonyl (C=O) groups is 2. The van der Waals surface area contributed by atoms with Gasteiger partial charge in [0, 0.05) is 0 Å². The summed E-state index contributed by atoms with van der Waals surface area (Å²) in [5.41, 5.74) is 0.422. The Balaban J connectivity index is 2.16. The highest BCUT2D eigenvalue weighted by Gasteiger charge is 2.26. The number of hydrogen-bond acceptors (Lipinski definition) is 3. The standard InChI is InChI=1S/C20H23FN2O3/c1-4-26-17-12-8-7-11-16(17)22-20(25)18(13(2)3)23-19(24)14-9-5-6-10-15(14)21/h5-13,18H,4H2,1-3H3,(H,22,25)(H,23,24)/t18-/m0/s1. The van der Waals surface area contributed by atoms with E-state index in [0.717, 1.165) is 0 Å². The van der Waals surface area contributed by atoms with Gasteiger partial charge in [-0.25, -0.2) is 4.39 Å². The van der Waals surface area contributed by atoms with Crippen molar-refractivity contribution in [3.05, 3.63) is 59.9 Å². The lowest BCUT2D eigenvalue weighted by atomic mass is 10.0. The third-order valence-electron chi connectivity index (χ3n) is 3.80. The molecular weight excluding hydrogens is 335 g/mol. The normalized spacial score (nSPS) is 11.7. The molecule has 0 aromatic heterocycles. The predicted octanol–water partition coefficient (Wildman–Crippen LogP) is 3.62. The van der Waals surface area contributed by atoms with Crippen LogP contribution in [0.1, 0.15) is 31.1 Å². The van der Waals surface area contributed by atoms with Gasteiger partial charge in [-0.3, -0.25) is 9.59 Å². The van der Waals surface area contributed by atoms with Crippen LogP contribution in [0.2, 0.25) is 0 Å². The molecule has 2 aromatic carbocycles. The van der Waals surface area contributed by atoms with Crippen molar-refractivity contribution in [2.75, 3.05) is 11.9 Å². The number of amides is 2. The van der Waals surface area contributed by atoms with Crippen molar-refractivity contribution in [1.82, 2.24) is 5.32 Å². The molecule has 0 aliphatic rings. The topological polar surface area (TPSA) is 67.4 Å². The van der Waals surface area contributed by atoms with Gasteiger partial charge in [0.1, 0.15) is 17.6 Å². The Morgan fingerprint density at radius 1 is 1.08 bits per heavy atom. The average Bonchev–Trinajstić information content (AvgIpc) is 2.61. The molecule has 0 heterocycles. The molecule has 5 nitrogen and oxygen atoms in total. The van der Waals surface area contributed by atoms with Crippen LogP contribution < -0.4 is 15.4 Å². The molecule has 1 atom stereocenters. The van der Waals surface area contributed by atoms with Crippen LogP contribution in [0.4, 0.5) is 10.1 Å². The summed E-state index contributed by atoms with van der Waals surface area (Å²) in [5.74, 6) is -1.29. The number of hydrogen-bond donors (Lipinski definition) is 2. The molecule has 26 heavy (non-hydrogen) atoms. The van der Waals surface area contributed by atoms with Gasteiger partial charge in [0.05, 0.1) is 17.9 Å². The van der Waals surface area contributed by atoms with Crippen LogP contribution in [0.5, 0.6) is 5.75 Å². The predicted molar refractivity (Wildman–Crippen MR) is 98.7 cm³/mol. The molecule has 6 heteroatoms. The second-order valence-electron chi connectivity index (χ2n) is 6.09. The van der Waals surface area contributed by atoms with Gasteiger partial charge in [0.15, 0.2) is 0 Å². The van der Waals surface area contributed by atoms with Crippen molar-refractivity contribution in [2.45, 2.75) is 26.8 Å². The zero-order chi connectivity index (χ0) is 19.1. The molecule has 2 N–H and O–H groups in total. The molecule has 0 saturated heterocycles. The van der Waals surface area contributed by atoms with Gasteiger partial charge < -0.3 is 15.4 Å². The zero-order valence-electron chi connectivity index (χ0n) is 15.1. The van der Waals surface area contributed by atoms with Crippen molar-refractivity contribution < 1.29 is 18.7 Å². The highest BCUT2D eigenvalue weighted by Crippen LogP contribution is 2.24. The van der Waals surface area contributed by atoms with Crippen LogP contribution in [0.3, 0.4) is 0 Å². The van der Waals surface area contributed by atoms with Crippen LogP contribution in [0, 0.1) is 11.7 Å². The van der Waals surface area contributed by atoms with Gasteiger partial charge >= 0.3 is 0 Å².